The number of pyridine rings is 1. The summed E-state index contributed by atoms with van der Waals surface area (Å²) in [6.07, 6.45) is 2.93. The molecule has 0 fully saturated rings. The van der Waals surface area contributed by atoms with Crippen LogP contribution in [0.1, 0.15) is 27.2 Å². The number of aryl methyl sites for hydroxylation is 1. The van der Waals surface area contributed by atoms with E-state index in [9.17, 15) is 14.4 Å². The van der Waals surface area contributed by atoms with Crippen LogP contribution in [0.3, 0.4) is 0 Å². The van der Waals surface area contributed by atoms with Gasteiger partial charge in [-0.3, -0.25) is 14.4 Å². The standard InChI is InChI=1S/C34H35Cl2N5O4/c1-21-18-28(39(2)3)24-8-7-9-29(33(24)38-21)45-20-25-26(35)15-16-27(32(25)36)41(6)31(43)19-37-30(42)17-12-22-10-13-23(14-11-22)34(44)40(4)5/h7-18H,19-20H2,1-6H3,(H,37,42)/b17-12+. The number of aromatic nitrogens is 1. The largest absolute Gasteiger partial charge is 0.487 e. The second-order valence-corrected chi connectivity index (χ2v) is 11.6. The number of ether oxygens (including phenoxy) is 1. The molecule has 0 radical (unpaired) electrons. The van der Waals surface area contributed by atoms with Crippen LogP contribution in [0.25, 0.3) is 17.0 Å². The molecule has 9 nitrogen and oxygen atoms in total. The Bertz CT molecular complexity index is 1770. The topological polar surface area (TPSA) is 95.1 Å². The van der Waals surface area contributed by atoms with Gasteiger partial charge in [0, 0.05) is 74.2 Å². The van der Waals surface area contributed by atoms with Crippen LogP contribution in [0.4, 0.5) is 11.4 Å². The number of fused-ring (bicyclic) bond motifs is 1. The van der Waals surface area contributed by atoms with Crippen LogP contribution in [0.2, 0.25) is 10.0 Å². The minimum absolute atomic E-state index is 0.0470. The number of nitrogens with zero attached hydrogens (tertiary/aromatic N) is 4. The van der Waals surface area contributed by atoms with Crippen LogP contribution in [0.15, 0.2) is 66.7 Å². The summed E-state index contributed by atoms with van der Waals surface area (Å²) in [7, 11) is 8.88. The van der Waals surface area contributed by atoms with Gasteiger partial charge in [0.15, 0.2) is 0 Å². The van der Waals surface area contributed by atoms with Gasteiger partial charge in [-0.1, -0.05) is 47.5 Å². The summed E-state index contributed by atoms with van der Waals surface area (Å²) >= 11 is 13.3. The average molecular weight is 649 g/mol. The van der Waals surface area contributed by atoms with E-state index in [4.69, 9.17) is 32.9 Å². The molecule has 4 aromatic rings. The molecule has 0 aliphatic rings. The molecule has 1 aromatic heterocycles. The predicted octanol–water partition coefficient (Wildman–Crippen LogP) is 5.99. The van der Waals surface area contributed by atoms with Crippen molar-refractivity contribution in [3.63, 3.8) is 0 Å². The summed E-state index contributed by atoms with van der Waals surface area (Å²) in [5.74, 6) is -0.362. The summed E-state index contributed by atoms with van der Waals surface area (Å²) in [4.78, 5) is 47.0. The highest BCUT2D eigenvalue weighted by atomic mass is 35.5. The molecular formula is C34H35Cl2N5O4. The number of carbonyl (C=O) groups is 3. The maximum Gasteiger partial charge on any atom is 0.253 e. The molecule has 3 aromatic carbocycles. The lowest BCUT2D eigenvalue weighted by molar-refractivity contribution is -0.122. The zero-order valence-electron chi connectivity index (χ0n) is 26.0. The number of hydrogen-bond acceptors (Lipinski definition) is 6. The number of carbonyl (C=O) groups excluding carboxylic acids is 3. The van der Waals surface area contributed by atoms with E-state index in [0.717, 1.165) is 27.8 Å². The summed E-state index contributed by atoms with van der Waals surface area (Å²) in [5, 5.41) is 4.19. The maximum atomic E-state index is 13.0. The SMILES string of the molecule is Cc1cc(N(C)C)c2cccc(OCc3c(Cl)ccc(N(C)C(=O)CNC(=O)/C=C/c4ccc(C(=O)N(C)C)cc4)c3Cl)c2n1. The number of halogens is 2. The molecule has 3 amide bonds. The van der Waals surface area contributed by atoms with Crippen molar-refractivity contribution in [2.45, 2.75) is 13.5 Å². The molecular weight excluding hydrogens is 613 g/mol. The fourth-order valence-electron chi connectivity index (χ4n) is 4.58. The smallest absolute Gasteiger partial charge is 0.253 e. The molecule has 0 saturated carbocycles. The van der Waals surface area contributed by atoms with E-state index < -0.39 is 5.91 Å². The van der Waals surface area contributed by atoms with E-state index in [1.165, 1.54) is 15.9 Å². The average Bonchev–Trinajstić information content (AvgIpc) is 3.01. The first kappa shape index (κ1) is 33.3. The molecule has 45 heavy (non-hydrogen) atoms. The van der Waals surface area contributed by atoms with E-state index in [-0.39, 0.29) is 30.0 Å². The monoisotopic (exact) mass is 647 g/mol. The summed E-state index contributed by atoms with van der Waals surface area (Å²) in [5.41, 5.74) is 4.81. The lowest BCUT2D eigenvalue weighted by atomic mass is 10.1. The number of amides is 3. The van der Waals surface area contributed by atoms with Gasteiger partial charge < -0.3 is 24.8 Å². The van der Waals surface area contributed by atoms with Crippen LogP contribution in [-0.4, -0.2) is 69.4 Å². The molecule has 11 heteroatoms. The van der Waals surface area contributed by atoms with E-state index in [2.05, 4.69) is 5.32 Å². The Morgan fingerprint density at radius 1 is 0.933 bits per heavy atom. The minimum atomic E-state index is -0.446. The Labute approximate surface area is 273 Å². The minimum Gasteiger partial charge on any atom is -0.487 e. The Morgan fingerprint density at radius 3 is 2.31 bits per heavy atom. The van der Waals surface area contributed by atoms with Gasteiger partial charge in [0.05, 0.1) is 17.3 Å². The Balaban J connectivity index is 1.41. The van der Waals surface area contributed by atoms with Crippen LogP contribution in [0, 0.1) is 6.92 Å². The molecule has 1 N–H and O–H groups in total. The van der Waals surface area contributed by atoms with Gasteiger partial charge in [-0.25, -0.2) is 4.98 Å². The van der Waals surface area contributed by atoms with Crippen molar-refractivity contribution in [1.29, 1.82) is 0 Å². The van der Waals surface area contributed by atoms with Crippen molar-refractivity contribution >= 4 is 69.3 Å². The summed E-state index contributed by atoms with van der Waals surface area (Å²) in [6, 6.07) is 17.9. The molecule has 0 aliphatic carbocycles. The Hall–Kier alpha value is -4.60. The number of nitrogens with one attached hydrogen (secondary N) is 1. The molecule has 0 saturated heterocycles. The van der Waals surface area contributed by atoms with E-state index >= 15 is 0 Å². The maximum absolute atomic E-state index is 13.0. The third kappa shape index (κ3) is 7.92. The van der Waals surface area contributed by atoms with E-state index in [1.807, 2.05) is 50.2 Å². The summed E-state index contributed by atoms with van der Waals surface area (Å²) in [6.45, 7) is 1.72. The van der Waals surface area contributed by atoms with Crippen LogP contribution >= 0.6 is 23.2 Å². The molecule has 0 atom stereocenters. The predicted molar refractivity (Wildman–Crippen MR) is 182 cm³/mol. The third-order valence-electron chi connectivity index (χ3n) is 7.07. The Morgan fingerprint density at radius 2 is 1.64 bits per heavy atom. The first-order valence-electron chi connectivity index (χ1n) is 14.1. The van der Waals surface area contributed by atoms with Gasteiger partial charge in [0.2, 0.25) is 11.8 Å². The van der Waals surface area contributed by atoms with E-state index in [0.29, 0.717) is 27.6 Å². The normalized spacial score (nSPS) is 11.0. The zero-order valence-corrected chi connectivity index (χ0v) is 27.5. The van der Waals surface area contributed by atoms with Gasteiger partial charge in [0.1, 0.15) is 17.9 Å². The van der Waals surface area contributed by atoms with E-state index in [1.54, 1.807) is 63.6 Å². The second kappa shape index (κ2) is 14.5. The van der Waals surface area contributed by atoms with Crippen molar-refractivity contribution in [2.75, 3.05) is 51.6 Å². The number of rotatable bonds is 10. The van der Waals surface area contributed by atoms with Crippen molar-refractivity contribution in [3.8, 4) is 5.75 Å². The lowest BCUT2D eigenvalue weighted by Crippen LogP contribution is -2.37. The van der Waals surface area contributed by atoms with Gasteiger partial charge in [-0.15, -0.1) is 0 Å². The van der Waals surface area contributed by atoms with Crippen molar-refractivity contribution < 1.29 is 19.1 Å². The molecule has 4 rings (SSSR count). The van der Waals surface area contributed by atoms with Gasteiger partial charge >= 0.3 is 0 Å². The fraction of sp³-hybridized carbons (Fsp3) is 0.235. The number of hydrogen-bond donors (Lipinski definition) is 1. The molecule has 0 spiro atoms. The highest BCUT2D eigenvalue weighted by Gasteiger charge is 2.20. The number of anilines is 2. The second-order valence-electron chi connectivity index (χ2n) is 10.8. The molecule has 0 unspecified atom stereocenters. The number of para-hydroxylation sites is 1. The first-order valence-corrected chi connectivity index (χ1v) is 14.8. The molecule has 0 bridgehead atoms. The van der Waals surface area contributed by atoms with Crippen molar-refractivity contribution in [2.24, 2.45) is 0 Å². The van der Waals surface area contributed by atoms with Gasteiger partial charge in [-0.2, -0.15) is 0 Å². The number of benzene rings is 3. The highest BCUT2D eigenvalue weighted by Crippen LogP contribution is 2.36. The molecule has 0 aliphatic heterocycles. The van der Waals surface area contributed by atoms with Crippen molar-refractivity contribution in [3.05, 3.63) is 99.2 Å². The quantitative estimate of drug-likeness (QED) is 0.213. The zero-order chi connectivity index (χ0) is 32.8. The third-order valence-corrected chi connectivity index (χ3v) is 7.84. The van der Waals surface area contributed by atoms with Crippen LogP contribution in [0.5, 0.6) is 5.75 Å². The van der Waals surface area contributed by atoms with Gasteiger partial charge in [0.25, 0.3) is 5.91 Å². The fourth-order valence-corrected chi connectivity index (χ4v) is 5.19. The summed E-state index contributed by atoms with van der Waals surface area (Å²) < 4.78 is 6.19. The highest BCUT2D eigenvalue weighted by molar-refractivity contribution is 6.38. The van der Waals surface area contributed by atoms with Gasteiger partial charge in [-0.05, 0) is 55.0 Å². The van der Waals surface area contributed by atoms with Crippen LogP contribution in [-0.2, 0) is 16.2 Å². The molecule has 1 heterocycles. The van der Waals surface area contributed by atoms with Crippen LogP contribution < -0.4 is 19.9 Å². The lowest BCUT2D eigenvalue weighted by Gasteiger charge is -2.21. The van der Waals surface area contributed by atoms with Crippen molar-refractivity contribution in [1.82, 2.24) is 15.2 Å². The molecule has 234 valence electrons. The first-order chi connectivity index (χ1) is 21.4. The number of likely N-dealkylation sites (N-methyl/N-ethyl adjacent to an activating group) is 1. The Kier molecular flexibility index (Phi) is 10.7.